The van der Waals surface area contributed by atoms with Crippen LogP contribution >= 0.6 is 0 Å². The predicted molar refractivity (Wildman–Crippen MR) is 142 cm³/mol. The number of benzene rings is 3. The first-order chi connectivity index (χ1) is 15.9. The van der Waals surface area contributed by atoms with Gasteiger partial charge in [-0.05, 0) is 95.2 Å². The molecule has 0 spiro atoms. The van der Waals surface area contributed by atoms with Gasteiger partial charge in [0.05, 0.1) is 0 Å². The molecule has 0 unspecified atom stereocenters. The average Bonchev–Trinajstić information content (AvgIpc) is 2.82. The molecule has 5 rings (SSSR count). The third kappa shape index (κ3) is 4.17. The van der Waals surface area contributed by atoms with Crippen molar-refractivity contribution in [3.8, 4) is 11.1 Å². The van der Waals surface area contributed by atoms with Crippen molar-refractivity contribution < 1.29 is 0 Å². The zero-order chi connectivity index (χ0) is 23.0. The summed E-state index contributed by atoms with van der Waals surface area (Å²) in [6.07, 6.45) is 11.6. The van der Waals surface area contributed by atoms with E-state index in [2.05, 4.69) is 118 Å². The van der Waals surface area contributed by atoms with Crippen LogP contribution in [0.5, 0.6) is 0 Å². The van der Waals surface area contributed by atoms with Gasteiger partial charge in [-0.25, -0.2) is 0 Å². The zero-order valence-corrected chi connectivity index (χ0v) is 20.4. The van der Waals surface area contributed by atoms with E-state index >= 15 is 0 Å². The SMILES string of the molecule is CC(C)C(C)(C)c1ccc(-c2ccc(N(C3=CCCC=C3)c3ccc4c(c3)CC4)cc2)cc1. The Balaban J connectivity index is 1.45. The van der Waals surface area contributed by atoms with Gasteiger partial charge >= 0.3 is 0 Å². The molecule has 33 heavy (non-hydrogen) atoms. The van der Waals surface area contributed by atoms with Crippen molar-refractivity contribution in [3.63, 3.8) is 0 Å². The highest BCUT2D eigenvalue weighted by Crippen LogP contribution is 2.37. The molecule has 1 heteroatoms. The van der Waals surface area contributed by atoms with Gasteiger partial charge in [0.1, 0.15) is 0 Å². The van der Waals surface area contributed by atoms with Gasteiger partial charge in [0.2, 0.25) is 0 Å². The zero-order valence-electron chi connectivity index (χ0n) is 20.4. The molecule has 0 bridgehead atoms. The van der Waals surface area contributed by atoms with E-state index in [1.165, 1.54) is 57.7 Å². The summed E-state index contributed by atoms with van der Waals surface area (Å²) >= 11 is 0. The largest absolute Gasteiger partial charge is 0.311 e. The summed E-state index contributed by atoms with van der Waals surface area (Å²) < 4.78 is 0. The molecule has 0 fully saturated rings. The number of aryl methyl sites for hydroxylation is 2. The summed E-state index contributed by atoms with van der Waals surface area (Å²) in [5, 5.41) is 0. The molecule has 0 saturated carbocycles. The lowest BCUT2D eigenvalue weighted by Crippen LogP contribution is -2.24. The molecule has 0 amide bonds. The van der Waals surface area contributed by atoms with E-state index in [-0.39, 0.29) is 5.41 Å². The third-order valence-corrected chi connectivity index (χ3v) is 7.88. The molecular formula is C32H35N. The Morgan fingerprint density at radius 3 is 1.91 bits per heavy atom. The van der Waals surface area contributed by atoms with Crippen LogP contribution in [0.15, 0.2) is 90.7 Å². The molecule has 3 aromatic rings. The fourth-order valence-electron chi connectivity index (χ4n) is 4.76. The molecule has 0 heterocycles. The standard InChI is InChI=1S/C32H35N/c1-23(2)32(3,4)28-17-12-24(13-18-28)25-14-19-30(20-15-25)33(29-8-6-5-7-9-29)31-21-16-26-10-11-27(26)22-31/h6,8-9,12-23H,5,7,10-11H2,1-4H3. The van der Waals surface area contributed by atoms with E-state index < -0.39 is 0 Å². The molecule has 0 N–H and O–H groups in total. The van der Waals surface area contributed by atoms with Crippen LogP contribution in [0, 0.1) is 5.92 Å². The van der Waals surface area contributed by atoms with Crippen molar-refractivity contribution in [2.45, 2.75) is 58.8 Å². The number of hydrogen-bond donors (Lipinski definition) is 0. The van der Waals surface area contributed by atoms with Gasteiger partial charge in [-0.3, -0.25) is 0 Å². The summed E-state index contributed by atoms with van der Waals surface area (Å²) in [7, 11) is 0. The monoisotopic (exact) mass is 433 g/mol. The first-order valence-corrected chi connectivity index (χ1v) is 12.4. The normalized spacial score (nSPS) is 15.1. The summed E-state index contributed by atoms with van der Waals surface area (Å²) in [6, 6.07) is 25.2. The predicted octanol–water partition coefficient (Wildman–Crippen LogP) is 8.76. The summed E-state index contributed by atoms with van der Waals surface area (Å²) in [4.78, 5) is 2.41. The highest BCUT2D eigenvalue weighted by atomic mass is 15.1. The van der Waals surface area contributed by atoms with Crippen LogP contribution in [0.1, 0.15) is 57.2 Å². The van der Waals surface area contributed by atoms with Crippen molar-refractivity contribution in [2.24, 2.45) is 5.92 Å². The van der Waals surface area contributed by atoms with Crippen LogP contribution < -0.4 is 4.90 Å². The first-order valence-electron chi connectivity index (χ1n) is 12.4. The minimum absolute atomic E-state index is 0.182. The summed E-state index contributed by atoms with van der Waals surface area (Å²) in [6.45, 7) is 9.27. The lowest BCUT2D eigenvalue weighted by atomic mass is 9.75. The molecule has 0 aromatic heterocycles. The maximum absolute atomic E-state index is 2.41. The van der Waals surface area contributed by atoms with Gasteiger partial charge in [0.25, 0.3) is 0 Å². The molecule has 2 aliphatic carbocycles. The van der Waals surface area contributed by atoms with Gasteiger partial charge in [-0.2, -0.15) is 0 Å². The summed E-state index contributed by atoms with van der Waals surface area (Å²) in [5.41, 5.74) is 10.9. The molecule has 0 saturated heterocycles. The molecule has 3 aromatic carbocycles. The van der Waals surface area contributed by atoms with Gasteiger partial charge in [0, 0.05) is 17.1 Å². The molecular weight excluding hydrogens is 398 g/mol. The maximum Gasteiger partial charge on any atom is 0.0464 e. The van der Waals surface area contributed by atoms with Crippen LogP contribution in [0.4, 0.5) is 11.4 Å². The number of rotatable bonds is 6. The van der Waals surface area contributed by atoms with Crippen LogP contribution in [0.3, 0.4) is 0 Å². The Morgan fingerprint density at radius 1 is 0.727 bits per heavy atom. The lowest BCUT2D eigenvalue weighted by molar-refractivity contribution is 0.372. The van der Waals surface area contributed by atoms with Crippen LogP contribution in [-0.2, 0) is 18.3 Å². The van der Waals surface area contributed by atoms with Crippen molar-refractivity contribution in [1.29, 1.82) is 0 Å². The van der Waals surface area contributed by atoms with Gasteiger partial charge in [-0.15, -0.1) is 0 Å². The smallest absolute Gasteiger partial charge is 0.0464 e. The number of hydrogen-bond acceptors (Lipinski definition) is 1. The average molecular weight is 434 g/mol. The quantitative estimate of drug-likeness (QED) is 0.375. The Bertz CT molecular complexity index is 1190. The third-order valence-electron chi connectivity index (χ3n) is 7.88. The second kappa shape index (κ2) is 8.71. The second-order valence-electron chi connectivity index (χ2n) is 10.4. The van der Waals surface area contributed by atoms with E-state index in [0.29, 0.717) is 5.92 Å². The minimum atomic E-state index is 0.182. The molecule has 168 valence electrons. The van der Waals surface area contributed by atoms with Gasteiger partial charge in [0.15, 0.2) is 0 Å². The Labute approximate surface area is 199 Å². The fraction of sp³-hybridized carbons (Fsp3) is 0.312. The van der Waals surface area contributed by atoms with E-state index in [9.17, 15) is 0 Å². The number of anilines is 2. The number of fused-ring (bicyclic) bond motifs is 1. The Hall–Kier alpha value is -3.06. The van der Waals surface area contributed by atoms with E-state index in [4.69, 9.17) is 0 Å². The van der Waals surface area contributed by atoms with Crippen molar-refractivity contribution >= 4 is 11.4 Å². The van der Waals surface area contributed by atoms with Gasteiger partial charge in [-0.1, -0.05) is 82.3 Å². The molecule has 0 aliphatic heterocycles. The molecule has 2 aliphatic rings. The Kier molecular flexibility index (Phi) is 5.74. The number of allylic oxidation sites excluding steroid dienone is 3. The first kappa shape index (κ1) is 21.8. The van der Waals surface area contributed by atoms with Gasteiger partial charge < -0.3 is 4.90 Å². The van der Waals surface area contributed by atoms with Crippen molar-refractivity contribution in [1.82, 2.24) is 0 Å². The second-order valence-corrected chi connectivity index (χ2v) is 10.4. The topological polar surface area (TPSA) is 3.24 Å². The van der Waals surface area contributed by atoms with Crippen molar-refractivity contribution in [3.05, 3.63) is 107 Å². The highest BCUT2D eigenvalue weighted by Gasteiger charge is 2.24. The lowest BCUT2D eigenvalue weighted by Gasteiger charge is -2.30. The van der Waals surface area contributed by atoms with E-state index in [1.807, 2.05) is 0 Å². The van der Waals surface area contributed by atoms with E-state index in [0.717, 1.165) is 12.8 Å². The van der Waals surface area contributed by atoms with E-state index in [1.54, 1.807) is 0 Å². The van der Waals surface area contributed by atoms with Crippen LogP contribution in [-0.4, -0.2) is 0 Å². The minimum Gasteiger partial charge on any atom is -0.311 e. The molecule has 0 atom stereocenters. The van der Waals surface area contributed by atoms with Crippen LogP contribution in [0.2, 0.25) is 0 Å². The maximum atomic E-state index is 2.41. The number of nitrogens with zero attached hydrogens (tertiary/aromatic N) is 1. The fourth-order valence-corrected chi connectivity index (χ4v) is 4.76. The highest BCUT2D eigenvalue weighted by molar-refractivity contribution is 5.74. The molecule has 1 nitrogen and oxygen atoms in total. The van der Waals surface area contributed by atoms with Crippen molar-refractivity contribution in [2.75, 3.05) is 4.90 Å². The Morgan fingerprint density at radius 2 is 1.36 bits per heavy atom. The van der Waals surface area contributed by atoms with Crippen LogP contribution in [0.25, 0.3) is 11.1 Å². The summed E-state index contributed by atoms with van der Waals surface area (Å²) in [5.74, 6) is 0.603. The molecule has 0 radical (unpaired) electrons.